The van der Waals surface area contributed by atoms with Gasteiger partial charge in [-0.2, -0.15) is 13.2 Å². The fourth-order valence-corrected chi connectivity index (χ4v) is 6.25. The first kappa shape index (κ1) is 25.6. The van der Waals surface area contributed by atoms with Crippen molar-refractivity contribution < 1.29 is 31.5 Å². The fraction of sp³-hybridized carbons (Fsp3) is 0.100. The third kappa shape index (κ3) is 5.96. The van der Waals surface area contributed by atoms with Crippen LogP contribution in [-0.2, 0) is 14.6 Å². The smallest absolute Gasteiger partial charge is 0.475 e. The topological polar surface area (TPSA) is 121 Å². The molecule has 6 nitrogen and oxygen atoms in total. The molecule has 3 aromatic rings. The molecule has 32 heavy (non-hydrogen) atoms. The molecule has 0 aliphatic heterocycles. The van der Waals surface area contributed by atoms with Crippen molar-refractivity contribution in [3.05, 3.63) is 68.8 Å². The maximum absolute atomic E-state index is 13.0. The van der Waals surface area contributed by atoms with Crippen LogP contribution in [0.1, 0.15) is 10.4 Å². The average molecular weight is 549 g/mol. The number of carboxylic acids is 1. The van der Waals surface area contributed by atoms with Gasteiger partial charge >= 0.3 is 12.1 Å². The highest BCUT2D eigenvalue weighted by atomic mass is 79.9. The lowest BCUT2D eigenvalue weighted by Crippen LogP contribution is -2.21. The van der Waals surface area contributed by atoms with E-state index in [9.17, 15) is 21.6 Å². The number of carbonyl (C=O) groups is 1. The van der Waals surface area contributed by atoms with Crippen LogP contribution in [0, 0.1) is 12.3 Å². The molecule has 0 bridgehead atoms. The van der Waals surface area contributed by atoms with E-state index in [-0.39, 0.29) is 15.6 Å². The van der Waals surface area contributed by atoms with Gasteiger partial charge in [0.05, 0.1) is 18.5 Å². The lowest BCUT2D eigenvalue weighted by Gasteiger charge is -2.09. The highest BCUT2D eigenvalue weighted by Gasteiger charge is 2.38. The molecule has 0 radical (unpaired) electrons. The molecule has 0 fully saturated rings. The molecule has 2 aromatic carbocycles. The number of hydrogen-bond donors (Lipinski definition) is 3. The number of nitrogens with two attached hydrogens (primary N) is 1. The Hall–Kier alpha value is -2.70. The molecule has 1 aromatic heterocycles. The van der Waals surface area contributed by atoms with Gasteiger partial charge in [-0.15, -0.1) is 11.3 Å². The molecule has 0 atom stereocenters. The van der Waals surface area contributed by atoms with Crippen LogP contribution < -0.4 is 5.73 Å². The Bertz CT molecular complexity index is 1270. The van der Waals surface area contributed by atoms with E-state index in [1.165, 1.54) is 6.07 Å². The van der Waals surface area contributed by atoms with Crippen LogP contribution in [0.2, 0.25) is 0 Å². The van der Waals surface area contributed by atoms with Crippen LogP contribution in [0.4, 0.5) is 13.2 Å². The maximum atomic E-state index is 13.0. The zero-order valence-electron chi connectivity index (χ0n) is 16.3. The molecule has 12 heteroatoms. The van der Waals surface area contributed by atoms with E-state index in [1.54, 1.807) is 18.2 Å². The monoisotopic (exact) mass is 548 g/mol. The quantitative estimate of drug-likeness (QED) is 0.304. The Morgan fingerprint density at radius 2 is 1.72 bits per heavy atom. The predicted molar refractivity (Wildman–Crippen MR) is 119 cm³/mol. The SMILES string of the molecule is Cc1ccccc1-c1cccc(S(=O)(=O)c2cc(C(=N)N)sc2Br)c1.O=C(O)C(F)(F)F. The predicted octanol–water partition coefficient (Wildman–Crippen LogP) is 5.24. The number of nitrogens with one attached hydrogen (secondary N) is 1. The Kier molecular flexibility index (Phi) is 7.86. The third-order valence-electron chi connectivity index (χ3n) is 4.05. The van der Waals surface area contributed by atoms with E-state index < -0.39 is 22.0 Å². The number of alkyl halides is 3. The minimum absolute atomic E-state index is 0.129. The van der Waals surface area contributed by atoms with Crippen molar-refractivity contribution in [3.8, 4) is 11.1 Å². The summed E-state index contributed by atoms with van der Waals surface area (Å²) in [5.74, 6) is -2.91. The van der Waals surface area contributed by atoms with Gasteiger partial charge in [-0.05, 0) is 57.7 Å². The van der Waals surface area contributed by atoms with Crippen molar-refractivity contribution in [2.24, 2.45) is 5.73 Å². The molecule has 0 aliphatic rings. The molecular weight excluding hydrogens is 533 g/mol. The number of hydrogen-bond acceptors (Lipinski definition) is 5. The molecule has 0 aliphatic carbocycles. The number of aryl methyl sites for hydroxylation is 1. The average Bonchev–Trinajstić information content (AvgIpc) is 3.11. The Labute approximate surface area is 194 Å². The van der Waals surface area contributed by atoms with E-state index in [1.807, 2.05) is 37.3 Å². The summed E-state index contributed by atoms with van der Waals surface area (Å²) < 4.78 is 58.2. The van der Waals surface area contributed by atoms with Gasteiger partial charge in [0.2, 0.25) is 9.84 Å². The second-order valence-corrected chi connectivity index (χ2v) is 10.6. The highest BCUT2D eigenvalue weighted by Crippen LogP contribution is 2.36. The number of benzene rings is 2. The summed E-state index contributed by atoms with van der Waals surface area (Å²) >= 11 is 4.42. The van der Waals surface area contributed by atoms with Gasteiger partial charge in [-0.1, -0.05) is 36.4 Å². The van der Waals surface area contributed by atoms with Gasteiger partial charge in [0.25, 0.3) is 0 Å². The van der Waals surface area contributed by atoms with Gasteiger partial charge in [-0.25, -0.2) is 13.2 Å². The molecule has 0 amide bonds. The summed E-state index contributed by atoms with van der Waals surface area (Å²) in [7, 11) is -3.71. The van der Waals surface area contributed by atoms with Crippen LogP contribution in [0.5, 0.6) is 0 Å². The van der Waals surface area contributed by atoms with Crippen LogP contribution in [0.3, 0.4) is 0 Å². The first-order valence-electron chi connectivity index (χ1n) is 8.60. The molecule has 4 N–H and O–H groups in total. The number of sulfone groups is 1. The van der Waals surface area contributed by atoms with E-state index in [0.717, 1.165) is 28.0 Å². The Morgan fingerprint density at radius 3 is 2.22 bits per heavy atom. The van der Waals surface area contributed by atoms with E-state index in [4.69, 9.17) is 21.0 Å². The van der Waals surface area contributed by atoms with Gasteiger partial charge in [-0.3, -0.25) is 5.41 Å². The van der Waals surface area contributed by atoms with Crippen molar-refractivity contribution in [2.45, 2.75) is 22.9 Å². The standard InChI is InChI=1S/C18H15BrN2O2S2.C2HF3O2/c1-11-5-2-3-8-14(11)12-6-4-7-13(9-12)25(22,23)16-10-15(18(20)21)24-17(16)19;3-2(4,5)1(6)7/h2-10H,1H3,(H3,20,21);(H,6,7). The molecule has 170 valence electrons. The fourth-order valence-electron chi connectivity index (χ4n) is 2.52. The summed E-state index contributed by atoms with van der Waals surface area (Å²) in [5, 5.41) is 14.6. The van der Waals surface area contributed by atoms with E-state index in [0.29, 0.717) is 8.66 Å². The van der Waals surface area contributed by atoms with Crippen molar-refractivity contribution >= 4 is 48.9 Å². The lowest BCUT2D eigenvalue weighted by molar-refractivity contribution is -0.192. The number of amidine groups is 1. The van der Waals surface area contributed by atoms with Crippen molar-refractivity contribution in [1.29, 1.82) is 5.41 Å². The minimum Gasteiger partial charge on any atom is -0.475 e. The zero-order valence-corrected chi connectivity index (χ0v) is 19.5. The Morgan fingerprint density at radius 1 is 1.12 bits per heavy atom. The number of aliphatic carboxylic acids is 1. The molecule has 0 saturated carbocycles. The van der Waals surface area contributed by atoms with Crippen molar-refractivity contribution in [1.82, 2.24) is 0 Å². The minimum atomic E-state index is -5.08. The van der Waals surface area contributed by atoms with Gasteiger partial charge in [0.1, 0.15) is 5.84 Å². The summed E-state index contributed by atoms with van der Waals surface area (Å²) in [6.45, 7) is 1.99. The second kappa shape index (κ2) is 9.84. The third-order valence-corrected chi connectivity index (χ3v) is 8.09. The van der Waals surface area contributed by atoms with Crippen molar-refractivity contribution in [3.63, 3.8) is 0 Å². The van der Waals surface area contributed by atoms with Crippen LogP contribution in [0.25, 0.3) is 11.1 Å². The maximum Gasteiger partial charge on any atom is 0.490 e. The van der Waals surface area contributed by atoms with Crippen molar-refractivity contribution in [2.75, 3.05) is 0 Å². The summed E-state index contributed by atoms with van der Waals surface area (Å²) in [5.41, 5.74) is 8.39. The number of halogens is 4. The van der Waals surface area contributed by atoms with Gasteiger partial charge in [0, 0.05) is 0 Å². The molecule has 3 rings (SSSR count). The van der Waals surface area contributed by atoms with E-state index in [2.05, 4.69) is 15.9 Å². The lowest BCUT2D eigenvalue weighted by atomic mass is 10.0. The van der Waals surface area contributed by atoms with E-state index >= 15 is 0 Å². The highest BCUT2D eigenvalue weighted by molar-refractivity contribution is 9.11. The largest absolute Gasteiger partial charge is 0.490 e. The summed E-state index contributed by atoms with van der Waals surface area (Å²) in [6.07, 6.45) is -5.08. The summed E-state index contributed by atoms with van der Waals surface area (Å²) in [4.78, 5) is 9.65. The van der Waals surface area contributed by atoms with Crippen LogP contribution >= 0.6 is 27.3 Å². The first-order chi connectivity index (χ1) is 14.7. The van der Waals surface area contributed by atoms with Gasteiger partial charge in [0.15, 0.2) is 0 Å². The summed E-state index contributed by atoms with van der Waals surface area (Å²) in [6, 6.07) is 16.2. The van der Waals surface area contributed by atoms with Gasteiger partial charge < -0.3 is 10.8 Å². The van der Waals surface area contributed by atoms with Crippen LogP contribution in [-0.4, -0.2) is 31.5 Å². The normalized spacial score (nSPS) is 11.4. The Balaban J connectivity index is 0.000000451. The molecule has 0 saturated heterocycles. The molecular formula is C20H16BrF3N2O4S2. The number of nitrogen functional groups attached to an aromatic ring is 1. The number of rotatable bonds is 4. The van der Waals surface area contributed by atoms with Crippen LogP contribution in [0.15, 0.2) is 68.2 Å². The molecule has 0 spiro atoms. The second-order valence-electron chi connectivity index (χ2n) is 6.31. The first-order valence-corrected chi connectivity index (χ1v) is 11.7. The number of carboxylic acid groups (broad SMARTS) is 1. The molecule has 1 heterocycles. The number of thiophene rings is 1. The zero-order chi connectivity index (χ0) is 24.3. The molecule has 0 unspecified atom stereocenters.